The Kier molecular flexibility index (Phi) is 4.49. The molecular formula is C15H16FN3O2. The van der Waals surface area contributed by atoms with Crippen LogP contribution in [-0.4, -0.2) is 10.5 Å². The Morgan fingerprint density at radius 2 is 1.90 bits per heavy atom. The number of halogens is 1. The summed E-state index contributed by atoms with van der Waals surface area (Å²) < 4.78 is 14.5. The third kappa shape index (κ3) is 3.00. The lowest BCUT2D eigenvalue weighted by atomic mass is 10.1. The van der Waals surface area contributed by atoms with Gasteiger partial charge >= 0.3 is 0 Å². The molecule has 21 heavy (non-hydrogen) atoms. The van der Waals surface area contributed by atoms with Gasteiger partial charge in [-0.2, -0.15) is 0 Å². The van der Waals surface area contributed by atoms with Crippen LogP contribution in [-0.2, 0) is 6.54 Å². The van der Waals surface area contributed by atoms with Crippen molar-refractivity contribution in [2.75, 3.05) is 0 Å². The van der Waals surface area contributed by atoms with Crippen molar-refractivity contribution in [2.24, 2.45) is 5.84 Å². The number of benzene rings is 1. The molecular weight excluding hydrogens is 273 g/mol. The maximum Gasteiger partial charge on any atom is 0.270 e. The van der Waals surface area contributed by atoms with E-state index in [1.807, 2.05) is 12.3 Å². The Bertz CT molecular complexity index is 708. The van der Waals surface area contributed by atoms with Crippen molar-refractivity contribution in [3.8, 4) is 11.3 Å². The fraction of sp³-hybridized carbons (Fsp3) is 0.200. The highest BCUT2D eigenvalue weighted by atomic mass is 19.1. The normalized spacial score (nSPS) is 10.4. The molecule has 1 aromatic carbocycles. The standard InChI is InChI=1S/C15H16FN3O2/c1-2-9-19-13(10-3-5-11(16)6-4-10)8-7-12(15(19)21)14(20)18-17/h3-8H,2,9,17H2,1H3,(H,18,20). The number of rotatable bonds is 4. The van der Waals surface area contributed by atoms with Gasteiger partial charge in [0.05, 0.1) is 5.69 Å². The molecule has 0 unspecified atom stereocenters. The zero-order valence-electron chi connectivity index (χ0n) is 11.6. The zero-order chi connectivity index (χ0) is 15.4. The molecule has 3 N–H and O–H groups in total. The summed E-state index contributed by atoms with van der Waals surface area (Å²) in [5.74, 6) is 4.10. The SMILES string of the molecule is CCCn1c(-c2ccc(F)cc2)ccc(C(=O)NN)c1=O. The number of carbonyl (C=O) groups is 1. The average molecular weight is 289 g/mol. The lowest BCUT2D eigenvalue weighted by molar-refractivity contribution is 0.0951. The molecule has 110 valence electrons. The molecule has 5 nitrogen and oxygen atoms in total. The minimum Gasteiger partial charge on any atom is -0.308 e. The van der Waals surface area contributed by atoms with Gasteiger partial charge in [-0.05, 0) is 48.4 Å². The minimum absolute atomic E-state index is 0.0168. The Hall–Kier alpha value is -2.47. The van der Waals surface area contributed by atoms with Crippen molar-refractivity contribution in [1.29, 1.82) is 0 Å². The highest BCUT2D eigenvalue weighted by Crippen LogP contribution is 2.19. The second-order valence-electron chi connectivity index (χ2n) is 4.57. The Balaban J connectivity index is 2.61. The summed E-state index contributed by atoms with van der Waals surface area (Å²) in [6.07, 6.45) is 0.724. The number of carbonyl (C=O) groups excluding carboxylic acids is 1. The lowest BCUT2D eigenvalue weighted by Crippen LogP contribution is -2.36. The van der Waals surface area contributed by atoms with E-state index in [0.717, 1.165) is 6.42 Å². The fourth-order valence-electron chi connectivity index (χ4n) is 2.15. The molecule has 0 spiro atoms. The van der Waals surface area contributed by atoms with Gasteiger partial charge < -0.3 is 4.57 Å². The van der Waals surface area contributed by atoms with E-state index < -0.39 is 11.5 Å². The van der Waals surface area contributed by atoms with E-state index in [4.69, 9.17) is 5.84 Å². The van der Waals surface area contributed by atoms with Crippen LogP contribution in [0.25, 0.3) is 11.3 Å². The maximum atomic E-state index is 13.0. The molecule has 1 heterocycles. The molecule has 0 fully saturated rings. The monoisotopic (exact) mass is 289 g/mol. The lowest BCUT2D eigenvalue weighted by Gasteiger charge is -2.13. The largest absolute Gasteiger partial charge is 0.308 e. The molecule has 0 saturated heterocycles. The van der Waals surface area contributed by atoms with Crippen molar-refractivity contribution in [2.45, 2.75) is 19.9 Å². The quantitative estimate of drug-likeness (QED) is 0.510. The maximum absolute atomic E-state index is 13.0. The van der Waals surface area contributed by atoms with Crippen LogP contribution in [0, 0.1) is 5.82 Å². The van der Waals surface area contributed by atoms with Crippen molar-refractivity contribution in [3.63, 3.8) is 0 Å². The summed E-state index contributed by atoms with van der Waals surface area (Å²) in [6.45, 7) is 2.38. The Morgan fingerprint density at radius 1 is 1.24 bits per heavy atom. The topological polar surface area (TPSA) is 77.1 Å². The van der Waals surface area contributed by atoms with Gasteiger partial charge in [-0.25, -0.2) is 10.2 Å². The van der Waals surface area contributed by atoms with Crippen molar-refractivity contribution in [3.05, 3.63) is 58.1 Å². The number of amides is 1. The molecule has 0 bridgehead atoms. The van der Waals surface area contributed by atoms with Gasteiger partial charge in [0, 0.05) is 6.54 Å². The van der Waals surface area contributed by atoms with Crippen LogP contribution in [0.5, 0.6) is 0 Å². The predicted octanol–water partition coefficient (Wildman–Crippen LogP) is 1.67. The van der Waals surface area contributed by atoms with Crippen molar-refractivity contribution in [1.82, 2.24) is 9.99 Å². The van der Waals surface area contributed by atoms with Crippen LogP contribution in [0.3, 0.4) is 0 Å². The third-order valence-corrected chi connectivity index (χ3v) is 3.14. The molecule has 2 aromatic rings. The second-order valence-corrected chi connectivity index (χ2v) is 4.57. The number of pyridine rings is 1. The van der Waals surface area contributed by atoms with Gasteiger partial charge in [0.1, 0.15) is 11.4 Å². The average Bonchev–Trinajstić information content (AvgIpc) is 2.49. The fourth-order valence-corrected chi connectivity index (χ4v) is 2.15. The summed E-state index contributed by atoms with van der Waals surface area (Å²) in [5, 5.41) is 0. The Labute approximate surface area is 121 Å². The van der Waals surface area contributed by atoms with Gasteiger partial charge in [0.15, 0.2) is 0 Å². The van der Waals surface area contributed by atoms with Gasteiger partial charge in [-0.15, -0.1) is 0 Å². The minimum atomic E-state index is -0.629. The van der Waals surface area contributed by atoms with Crippen molar-refractivity contribution < 1.29 is 9.18 Å². The summed E-state index contributed by atoms with van der Waals surface area (Å²) in [7, 11) is 0. The molecule has 0 saturated carbocycles. The van der Waals surface area contributed by atoms with E-state index in [1.165, 1.54) is 22.8 Å². The molecule has 2 rings (SSSR count). The second kappa shape index (κ2) is 6.32. The molecule has 0 radical (unpaired) electrons. The highest BCUT2D eigenvalue weighted by Gasteiger charge is 2.14. The van der Waals surface area contributed by atoms with E-state index in [0.29, 0.717) is 17.8 Å². The van der Waals surface area contributed by atoms with E-state index in [9.17, 15) is 14.0 Å². The first kappa shape index (κ1) is 14.9. The molecule has 0 aliphatic heterocycles. The number of hydrogen-bond acceptors (Lipinski definition) is 3. The van der Waals surface area contributed by atoms with Gasteiger partial charge in [-0.3, -0.25) is 15.0 Å². The Morgan fingerprint density at radius 3 is 2.48 bits per heavy atom. The predicted molar refractivity (Wildman–Crippen MR) is 78.0 cm³/mol. The zero-order valence-corrected chi connectivity index (χ0v) is 11.6. The number of nitrogens with two attached hydrogens (primary N) is 1. The number of nitrogens with zero attached hydrogens (tertiary/aromatic N) is 1. The number of aromatic nitrogens is 1. The van der Waals surface area contributed by atoms with Crippen LogP contribution in [0.15, 0.2) is 41.2 Å². The van der Waals surface area contributed by atoms with E-state index >= 15 is 0 Å². The van der Waals surface area contributed by atoms with Gasteiger partial charge in [0.2, 0.25) is 0 Å². The first-order valence-electron chi connectivity index (χ1n) is 6.59. The molecule has 0 atom stereocenters. The number of hydrogen-bond donors (Lipinski definition) is 2. The highest BCUT2D eigenvalue weighted by molar-refractivity contribution is 5.93. The van der Waals surface area contributed by atoms with E-state index in [2.05, 4.69) is 0 Å². The molecule has 0 aliphatic carbocycles. The molecule has 6 heteroatoms. The van der Waals surface area contributed by atoms with E-state index in [1.54, 1.807) is 18.2 Å². The van der Waals surface area contributed by atoms with Crippen LogP contribution < -0.4 is 16.8 Å². The van der Waals surface area contributed by atoms with Gasteiger partial charge in [0.25, 0.3) is 11.5 Å². The van der Waals surface area contributed by atoms with E-state index in [-0.39, 0.29) is 11.4 Å². The summed E-state index contributed by atoms with van der Waals surface area (Å²) in [5.41, 5.74) is 2.87. The number of hydrazine groups is 1. The summed E-state index contributed by atoms with van der Waals surface area (Å²) >= 11 is 0. The molecule has 1 aromatic heterocycles. The third-order valence-electron chi connectivity index (χ3n) is 3.14. The first-order chi connectivity index (χ1) is 10.1. The van der Waals surface area contributed by atoms with Crippen LogP contribution in [0.1, 0.15) is 23.7 Å². The summed E-state index contributed by atoms with van der Waals surface area (Å²) in [4.78, 5) is 24.0. The van der Waals surface area contributed by atoms with Crippen LogP contribution in [0.2, 0.25) is 0 Å². The smallest absolute Gasteiger partial charge is 0.270 e. The molecule has 1 amide bonds. The number of nitrogen functional groups attached to an aromatic ring is 1. The van der Waals surface area contributed by atoms with Crippen LogP contribution >= 0.6 is 0 Å². The van der Waals surface area contributed by atoms with Crippen molar-refractivity contribution >= 4 is 5.91 Å². The van der Waals surface area contributed by atoms with Crippen LogP contribution in [0.4, 0.5) is 4.39 Å². The first-order valence-corrected chi connectivity index (χ1v) is 6.59. The summed E-state index contributed by atoms with van der Waals surface area (Å²) in [6, 6.07) is 8.94. The molecule has 0 aliphatic rings. The number of nitrogens with one attached hydrogen (secondary N) is 1. The van der Waals surface area contributed by atoms with Gasteiger partial charge in [-0.1, -0.05) is 6.92 Å².